The maximum Gasteiger partial charge on any atom is 0.142 e. The molecule has 128 valence electrons. The van der Waals surface area contributed by atoms with Crippen LogP contribution in [0, 0.1) is 0 Å². The highest BCUT2D eigenvalue weighted by Gasteiger charge is 2.36. The molecule has 3 aromatic carbocycles. The van der Waals surface area contributed by atoms with Gasteiger partial charge in [0.1, 0.15) is 5.60 Å². The van der Waals surface area contributed by atoms with Gasteiger partial charge in [0.2, 0.25) is 0 Å². The molecule has 1 unspecified atom stereocenters. The van der Waals surface area contributed by atoms with Crippen LogP contribution in [0.1, 0.15) is 16.7 Å². The van der Waals surface area contributed by atoms with Gasteiger partial charge in [0.15, 0.2) is 0 Å². The van der Waals surface area contributed by atoms with Crippen LogP contribution in [0.2, 0.25) is 0 Å². The maximum atomic E-state index is 12.0. The first-order valence-corrected chi connectivity index (χ1v) is 8.40. The van der Waals surface area contributed by atoms with Crippen LogP contribution in [0.5, 0.6) is 0 Å². The summed E-state index contributed by atoms with van der Waals surface area (Å²) in [6, 6.07) is 25.7. The lowest BCUT2D eigenvalue weighted by molar-refractivity contribution is 0.126. The third-order valence-electron chi connectivity index (χ3n) is 4.56. The van der Waals surface area contributed by atoms with Crippen LogP contribution in [0.3, 0.4) is 0 Å². The van der Waals surface area contributed by atoms with E-state index in [0.29, 0.717) is 0 Å². The number of rotatable bonds is 5. The van der Waals surface area contributed by atoms with Crippen molar-refractivity contribution in [3.05, 3.63) is 95.6 Å². The molecule has 1 atom stereocenters. The number of aliphatic hydroxyl groups is 1. The van der Waals surface area contributed by atoms with Crippen LogP contribution in [0.4, 0.5) is 11.4 Å². The zero-order valence-electron chi connectivity index (χ0n) is 14.9. The minimum Gasteiger partial charge on any atom is -0.388 e. The van der Waals surface area contributed by atoms with E-state index in [0.717, 1.165) is 28.1 Å². The number of anilines is 2. The average molecular weight is 332 g/mol. The highest BCUT2D eigenvalue weighted by molar-refractivity contribution is 5.62. The molecule has 0 aliphatic heterocycles. The lowest BCUT2D eigenvalue weighted by Crippen LogP contribution is -2.31. The first-order valence-electron chi connectivity index (χ1n) is 8.40. The molecule has 3 aromatic rings. The molecule has 0 spiro atoms. The van der Waals surface area contributed by atoms with Crippen LogP contribution in [-0.4, -0.2) is 26.2 Å². The number of nitrogens with zero attached hydrogens (tertiary/aromatic N) is 1. The van der Waals surface area contributed by atoms with E-state index in [9.17, 15) is 5.11 Å². The molecular formula is C22H24N2O. The number of para-hydroxylation sites is 1. The highest BCUT2D eigenvalue weighted by atomic mass is 16.3. The summed E-state index contributed by atoms with van der Waals surface area (Å²) in [5.74, 6) is 0. The van der Waals surface area contributed by atoms with Crippen molar-refractivity contribution in [1.29, 1.82) is 0 Å². The Hall–Kier alpha value is -2.78. The number of nitrogens with one attached hydrogen (secondary N) is 1. The van der Waals surface area contributed by atoms with Crippen molar-refractivity contribution in [3.8, 4) is 0 Å². The fraction of sp³-hybridized carbons (Fsp3) is 0.182. The third kappa shape index (κ3) is 3.11. The summed E-state index contributed by atoms with van der Waals surface area (Å²) in [5.41, 5.74) is 3.33. The second-order valence-corrected chi connectivity index (χ2v) is 6.32. The Labute approximate surface area is 149 Å². The Morgan fingerprint density at radius 2 is 1.32 bits per heavy atom. The average Bonchev–Trinajstić information content (AvgIpc) is 2.68. The zero-order valence-corrected chi connectivity index (χ0v) is 14.9. The summed E-state index contributed by atoms with van der Waals surface area (Å²) < 4.78 is 0. The predicted octanol–water partition coefficient (Wildman–Crippen LogP) is 4.08. The minimum atomic E-state index is -1.23. The van der Waals surface area contributed by atoms with Crippen LogP contribution < -0.4 is 10.2 Å². The topological polar surface area (TPSA) is 35.5 Å². The smallest absolute Gasteiger partial charge is 0.142 e. The van der Waals surface area contributed by atoms with Gasteiger partial charge in [0, 0.05) is 38.1 Å². The van der Waals surface area contributed by atoms with E-state index in [2.05, 4.69) is 5.32 Å². The Kier molecular flexibility index (Phi) is 4.77. The summed E-state index contributed by atoms with van der Waals surface area (Å²) in [6.45, 7) is 0. The molecule has 25 heavy (non-hydrogen) atoms. The Morgan fingerprint density at radius 1 is 0.760 bits per heavy atom. The van der Waals surface area contributed by atoms with Crippen molar-refractivity contribution >= 4 is 11.4 Å². The fourth-order valence-corrected chi connectivity index (χ4v) is 3.20. The van der Waals surface area contributed by atoms with Gasteiger partial charge >= 0.3 is 0 Å². The molecule has 0 aliphatic rings. The lowest BCUT2D eigenvalue weighted by Gasteiger charge is -2.33. The largest absolute Gasteiger partial charge is 0.388 e. The lowest BCUT2D eigenvalue weighted by atomic mass is 9.79. The molecule has 0 heterocycles. The predicted molar refractivity (Wildman–Crippen MR) is 105 cm³/mol. The van der Waals surface area contributed by atoms with Gasteiger partial charge in [-0.15, -0.1) is 0 Å². The number of benzene rings is 3. The highest BCUT2D eigenvalue weighted by Crippen LogP contribution is 2.41. The normalized spacial score (nSPS) is 13.1. The van der Waals surface area contributed by atoms with E-state index >= 15 is 0 Å². The monoisotopic (exact) mass is 332 g/mol. The molecule has 3 rings (SSSR count). The Bertz CT molecular complexity index is 828. The van der Waals surface area contributed by atoms with Crippen molar-refractivity contribution < 1.29 is 5.11 Å². The van der Waals surface area contributed by atoms with E-state index in [-0.39, 0.29) is 0 Å². The molecular weight excluding hydrogens is 308 g/mol. The summed E-state index contributed by atoms with van der Waals surface area (Å²) in [4.78, 5) is 2.03. The van der Waals surface area contributed by atoms with Crippen molar-refractivity contribution in [3.63, 3.8) is 0 Å². The second-order valence-electron chi connectivity index (χ2n) is 6.32. The van der Waals surface area contributed by atoms with Gasteiger partial charge in [-0.2, -0.15) is 0 Å². The minimum absolute atomic E-state index is 0.840. The third-order valence-corrected chi connectivity index (χ3v) is 4.56. The molecule has 0 aliphatic carbocycles. The van der Waals surface area contributed by atoms with Crippen molar-refractivity contribution in [2.75, 3.05) is 31.4 Å². The van der Waals surface area contributed by atoms with Gasteiger partial charge in [0.25, 0.3) is 0 Å². The standard InChI is InChI=1S/C22H24N2O/c1-23-19-15-13-18(14-16-19)22(25,17-9-5-4-6-10-17)20-11-7-8-12-21(20)24(2)3/h4-16,23,25H,1-3H3. The van der Waals surface area contributed by atoms with E-state index < -0.39 is 5.60 Å². The summed E-state index contributed by atoms with van der Waals surface area (Å²) >= 11 is 0. The fourth-order valence-electron chi connectivity index (χ4n) is 3.20. The first-order chi connectivity index (χ1) is 12.1. The summed E-state index contributed by atoms with van der Waals surface area (Å²) in [5, 5.41) is 15.1. The molecule has 0 radical (unpaired) electrons. The van der Waals surface area contributed by atoms with Crippen molar-refractivity contribution in [1.82, 2.24) is 0 Å². The van der Waals surface area contributed by atoms with Crippen molar-refractivity contribution in [2.24, 2.45) is 0 Å². The van der Waals surface area contributed by atoms with Crippen molar-refractivity contribution in [2.45, 2.75) is 5.60 Å². The van der Waals surface area contributed by atoms with Gasteiger partial charge < -0.3 is 15.3 Å². The first kappa shape index (κ1) is 17.1. The second kappa shape index (κ2) is 6.99. The molecule has 3 heteroatoms. The summed E-state index contributed by atoms with van der Waals surface area (Å²) in [6.07, 6.45) is 0. The number of hydrogen-bond acceptors (Lipinski definition) is 3. The summed E-state index contributed by atoms with van der Waals surface area (Å²) in [7, 11) is 5.88. The molecule has 0 amide bonds. The molecule has 0 bridgehead atoms. The van der Waals surface area contributed by atoms with E-state index in [4.69, 9.17) is 0 Å². The molecule has 2 N–H and O–H groups in total. The van der Waals surface area contributed by atoms with E-state index in [1.807, 2.05) is 105 Å². The molecule has 0 saturated carbocycles. The molecule has 0 fully saturated rings. The van der Waals surface area contributed by atoms with Gasteiger partial charge in [-0.05, 0) is 29.3 Å². The Morgan fingerprint density at radius 3 is 1.92 bits per heavy atom. The van der Waals surface area contributed by atoms with E-state index in [1.165, 1.54) is 0 Å². The Balaban J connectivity index is 2.27. The van der Waals surface area contributed by atoms with Crippen LogP contribution in [0.15, 0.2) is 78.9 Å². The SMILES string of the molecule is CNc1ccc(C(O)(c2ccccc2)c2ccccc2N(C)C)cc1. The van der Waals surface area contributed by atoms with Gasteiger partial charge in [-0.3, -0.25) is 0 Å². The zero-order chi connectivity index (χ0) is 17.9. The van der Waals surface area contributed by atoms with Gasteiger partial charge in [-0.1, -0.05) is 60.7 Å². The molecule has 3 nitrogen and oxygen atoms in total. The van der Waals surface area contributed by atoms with E-state index in [1.54, 1.807) is 0 Å². The molecule has 0 aromatic heterocycles. The maximum absolute atomic E-state index is 12.0. The van der Waals surface area contributed by atoms with Crippen LogP contribution in [-0.2, 0) is 5.60 Å². The quantitative estimate of drug-likeness (QED) is 0.691. The van der Waals surface area contributed by atoms with Crippen LogP contribution >= 0.6 is 0 Å². The van der Waals surface area contributed by atoms with Gasteiger partial charge in [-0.25, -0.2) is 0 Å². The van der Waals surface area contributed by atoms with Crippen LogP contribution in [0.25, 0.3) is 0 Å². The van der Waals surface area contributed by atoms with Gasteiger partial charge in [0.05, 0.1) is 0 Å². The number of hydrogen-bond donors (Lipinski definition) is 2. The molecule has 0 saturated heterocycles.